The molecule has 1 aliphatic rings. The molecule has 0 atom stereocenters. The van der Waals surface area contributed by atoms with Crippen molar-refractivity contribution in [2.75, 3.05) is 12.4 Å². The van der Waals surface area contributed by atoms with Crippen molar-refractivity contribution >= 4 is 35.1 Å². The summed E-state index contributed by atoms with van der Waals surface area (Å²) in [6.45, 7) is 0. The van der Waals surface area contributed by atoms with Gasteiger partial charge in [-0.2, -0.15) is 5.10 Å². The zero-order valence-corrected chi connectivity index (χ0v) is 13.6. The lowest BCUT2D eigenvalue weighted by Gasteiger charge is -2.18. The second-order valence-corrected chi connectivity index (χ2v) is 5.66. The van der Waals surface area contributed by atoms with E-state index in [1.165, 1.54) is 7.05 Å². The molecule has 0 unspecified atom stereocenters. The molecule has 1 aliphatic heterocycles. The quantitative estimate of drug-likeness (QED) is 0.909. The van der Waals surface area contributed by atoms with Crippen molar-refractivity contribution in [1.29, 1.82) is 0 Å². The molecule has 2 heterocycles. The third-order valence-corrected chi connectivity index (χ3v) is 3.64. The molecule has 1 aromatic carbocycles. The van der Waals surface area contributed by atoms with Crippen molar-refractivity contribution < 1.29 is 14.0 Å². The molecule has 1 aromatic heterocycles. The molecule has 9 heteroatoms. The third-order valence-electron chi connectivity index (χ3n) is 3.40. The first-order valence-corrected chi connectivity index (χ1v) is 7.61. The van der Waals surface area contributed by atoms with Gasteiger partial charge < -0.3 is 4.42 Å². The molecule has 1 N–H and O–H groups in total. The number of nitrogens with zero attached hydrogens (tertiary/aromatic N) is 4. The summed E-state index contributed by atoms with van der Waals surface area (Å²) in [6.07, 6.45) is 0.923. The van der Waals surface area contributed by atoms with Crippen LogP contribution in [-0.2, 0) is 16.0 Å². The van der Waals surface area contributed by atoms with Crippen LogP contribution < -0.4 is 5.32 Å². The molecule has 0 bridgehead atoms. The molecule has 2 aromatic rings. The van der Waals surface area contributed by atoms with E-state index in [1.807, 2.05) is 12.1 Å². The topological polar surface area (TPSA) is 101 Å². The maximum atomic E-state index is 12.1. The first-order chi connectivity index (χ1) is 11.5. The van der Waals surface area contributed by atoms with E-state index in [-0.39, 0.29) is 30.5 Å². The van der Waals surface area contributed by atoms with Crippen LogP contribution in [-0.4, -0.2) is 39.8 Å². The summed E-state index contributed by atoms with van der Waals surface area (Å²) in [5, 5.41) is 15.9. The zero-order valence-electron chi connectivity index (χ0n) is 12.8. The van der Waals surface area contributed by atoms with E-state index in [9.17, 15) is 9.59 Å². The second kappa shape index (κ2) is 6.79. The first kappa shape index (κ1) is 16.1. The van der Waals surface area contributed by atoms with Gasteiger partial charge in [0, 0.05) is 24.9 Å². The number of hydrogen-bond donors (Lipinski definition) is 1. The Morgan fingerprint density at radius 1 is 1.38 bits per heavy atom. The van der Waals surface area contributed by atoms with E-state index in [1.54, 1.807) is 12.1 Å². The molecule has 124 valence electrons. The average Bonchev–Trinajstić information content (AvgIpc) is 2.97. The van der Waals surface area contributed by atoms with Crippen LogP contribution in [0.4, 0.5) is 6.01 Å². The number of benzene rings is 1. The van der Waals surface area contributed by atoms with Crippen LogP contribution in [0.1, 0.15) is 24.3 Å². The van der Waals surface area contributed by atoms with E-state index >= 15 is 0 Å². The number of nitrogens with one attached hydrogen (secondary N) is 1. The van der Waals surface area contributed by atoms with Crippen LogP contribution in [0, 0.1) is 0 Å². The minimum atomic E-state index is -0.465. The molecule has 0 radical (unpaired) electrons. The highest BCUT2D eigenvalue weighted by atomic mass is 35.5. The summed E-state index contributed by atoms with van der Waals surface area (Å²) in [4.78, 5) is 23.5. The van der Waals surface area contributed by atoms with Gasteiger partial charge in [0.05, 0.1) is 6.42 Å². The Morgan fingerprint density at radius 2 is 2.21 bits per heavy atom. The normalized spacial score (nSPS) is 14.5. The predicted molar refractivity (Wildman–Crippen MR) is 86.6 cm³/mol. The molecule has 0 saturated carbocycles. The molecule has 0 aliphatic carbocycles. The van der Waals surface area contributed by atoms with Crippen LogP contribution in [0.3, 0.4) is 0 Å². The minimum absolute atomic E-state index is 0.0146. The number of amides is 2. The summed E-state index contributed by atoms with van der Waals surface area (Å²) in [6, 6.07) is 7.28. The monoisotopic (exact) mass is 347 g/mol. The van der Waals surface area contributed by atoms with Gasteiger partial charge in [0.2, 0.25) is 11.8 Å². The molecule has 0 fully saturated rings. The van der Waals surface area contributed by atoms with Crippen molar-refractivity contribution in [3.05, 3.63) is 40.7 Å². The van der Waals surface area contributed by atoms with E-state index in [4.69, 9.17) is 16.0 Å². The number of carbonyl (C=O) groups is 2. The number of halogens is 1. The number of hydrazone groups is 1. The zero-order chi connectivity index (χ0) is 17.1. The lowest BCUT2D eigenvalue weighted by molar-refractivity contribution is -0.130. The van der Waals surface area contributed by atoms with Gasteiger partial charge in [-0.15, -0.1) is 5.10 Å². The number of hydrogen-bond acceptors (Lipinski definition) is 6. The standard InChI is InChI=1S/C15H14ClN5O3/c1-21-13(22)6-5-11(20-21)14(23)17-15-19-18-12(24-15)8-9-3-2-4-10(16)7-9/h2-4,7H,5-6,8H2,1H3,(H,17,19,23). The Kier molecular flexibility index (Phi) is 4.57. The SMILES string of the molecule is CN1N=C(C(=O)Nc2nnc(Cc3cccc(Cl)c3)o2)CCC1=O. The first-order valence-electron chi connectivity index (χ1n) is 7.23. The lowest BCUT2D eigenvalue weighted by atomic mass is 10.1. The lowest BCUT2D eigenvalue weighted by Crippen LogP contribution is -2.34. The van der Waals surface area contributed by atoms with Gasteiger partial charge in [-0.25, -0.2) is 5.01 Å². The van der Waals surface area contributed by atoms with Crippen LogP contribution >= 0.6 is 11.6 Å². The van der Waals surface area contributed by atoms with Crippen LogP contribution in [0.5, 0.6) is 0 Å². The van der Waals surface area contributed by atoms with Crippen molar-refractivity contribution in [1.82, 2.24) is 15.2 Å². The number of aromatic nitrogens is 2. The molecule has 0 spiro atoms. The number of anilines is 1. The molecule has 24 heavy (non-hydrogen) atoms. The van der Waals surface area contributed by atoms with Crippen molar-refractivity contribution in [2.24, 2.45) is 5.10 Å². The van der Waals surface area contributed by atoms with Gasteiger partial charge in [-0.3, -0.25) is 14.9 Å². The van der Waals surface area contributed by atoms with Gasteiger partial charge in [0.1, 0.15) is 5.71 Å². The van der Waals surface area contributed by atoms with Crippen molar-refractivity contribution in [2.45, 2.75) is 19.3 Å². The molecule has 2 amide bonds. The van der Waals surface area contributed by atoms with E-state index in [2.05, 4.69) is 20.6 Å². The summed E-state index contributed by atoms with van der Waals surface area (Å²) < 4.78 is 5.40. The Balaban J connectivity index is 1.65. The van der Waals surface area contributed by atoms with Crippen LogP contribution in [0.25, 0.3) is 0 Å². The predicted octanol–water partition coefficient (Wildman–Crippen LogP) is 1.86. The Bertz CT molecular complexity index is 817. The fourth-order valence-corrected chi connectivity index (χ4v) is 2.41. The van der Waals surface area contributed by atoms with Crippen LogP contribution in [0.15, 0.2) is 33.8 Å². The molecular formula is C15H14ClN5O3. The highest BCUT2D eigenvalue weighted by Crippen LogP contribution is 2.16. The summed E-state index contributed by atoms with van der Waals surface area (Å²) in [5.41, 5.74) is 1.16. The van der Waals surface area contributed by atoms with Crippen LogP contribution in [0.2, 0.25) is 5.02 Å². The summed E-state index contributed by atoms with van der Waals surface area (Å²) in [5.74, 6) is -0.245. The van der Waals surface area contributed by atoms with E-state index in [0.29, 0.717) is 17.3 Å². The molecule has 0 saturated heterocycles. The fourth-order valence-electron chi connectivity index (χ4n) is 2.20. The third kappa shape index (κ3) is 3.77. The summed E-state index contributed by atoms with van der Waals surface area (Å²) >= 11 is 5.93. The van der Waals surface area contributed by atoms with E-state index < -0.39 is 5.91 Å². The molecular weight excluding hydrogens is 334 g/mol. The number of carbonyl (C=O) groups excluding carboxylic acids is 2. The highest BCUT2D eigenvalue weighted by molar-refractivity contribution is 6.43. The Hall–Kier alpha value is -2.74. The maximum Gasteiger partial charge on any atom is 0.322 e. The van der Waals surface area contributed by atoms with E-state index in [0.717, 1.165) is 10.6 Å². The maximum absolute atomic E-state index is 12.1. The number of rotatable bonds is 4. The average molecular weight is 348 g/mol. The smallest absolute Gasteiger partial charge is 0.322 e. The molecule has 8 nitrogen and oxygen atoms in total. The van der Waals surface area contributed by atoms with Gasteiger partial charge in [0.25, 0.3) is 5.91 Å². The van der Waals surface area contributed by atoms with Gasteiger partial charge in [0.15, 0.2) is 0 Å². The largest absolute Gasteiger partial charge is 0.407 e. The van der Waals surface area contributed by atoms with Gasteiger partial charge >= 0.3 is 6.01 Å². The highest BCUT2D eigenvalue weighted by Gasteiger charge is 2.23. The molecule has 3 rings (SSSR count). The fraction of sp³-hybridized carbons (Fsp3) is 0.267. The Labute approximate surface area is 142 Å². The van der Waals surface area contributed by atoms with Gasteiger partial charge in [-0.1, -0.05) is 28.8 Å². The summed E-state index contributed by atoms with van der Waals surface area (Å²) in [7, 11) is 1.50. The van der Waals surface area contributed by atoms with Gasteiger partial charge in [-0.05, 0) is 17.7 Å². The Morgan fingerprint density at radius 3 is 2.96 bits per heavy atom. The second-order valence-electron chi connectivity index (χ2n) is 5.23. The van der Waals surface area contributed by atoms with Crippen molar-refractivity contribution in [3.8, 4) is 0 Å². The van der Waals surface area contributed by atoms with Crippen molar-refractivity contribution in [3.63, 3.8) is 0 Å². The minimum Gasteiger partial charge on any atom is -0.407 e.